The Balaban J connectivity index is 0.00000544. The van der Waals surface area contributed by atoms with Crippen molar-refractivity contribution in [3.05, 3.63) is 57.4 Å². The van der Waals surface area contributed by atoms with Crippen molar-refractivity contribution in [2.24, 2.45) is 0 Å². The third-order valence-electron chi connectivity index (χ3n) is 4.71. The van der Waals surface area contributed by atoms with Crippen molar-refractivity contribution in [2.45, 2.75) is 19.8 Å². The monoisotopic (exact) mass is 502 g/mol. The molecule has 0 bridgehead atoms. The molecule has 1 aromatic rings. The largest absolute Gasteiger partial charge is 0.480 e. The average Bonchev–Trinajstić information content (AvgIpc) is 2.75. The maximum absolute atomic E-state index is 13.0. The number of halogens is 2. The Hall–Kier alpha value is -2.59. The number of methoxy groups -OCH3 is 1. The molecule has 1 heterocycles. The number of allylic oxidation sites excluding steroid dienone is 1. The van der Waals surface area contributed by atoms with Crippen molar-refractivity contribution < 1.29 is 33.7 Å². The topological polar surface area (TPSA) is 123 Å². The fourth-order valence-corrected chi connectivity index (χ4v) is 3.62. The molecule has 0 amide bonds. The lowest BCUT2D eigenvalue weighted by Crippen LogP contribution is -2.35. The van der Waals surface area contributed by atoms with Gasteiger partial charge in [-0.25, -0.2) is 9.59 Å². The van der Waals surface area contributed by atoms with Gasteiger partial charge in [0.25, 0.3) is 0 Å². The quantitative estimate of drug-likeness (QED) is 0.309. The third-order valence-corrected chi connectivity index (χ3v) is 5.05. The summed E-state index contributed by atoms with van der Waals surface area (Å²) >= 11 is 6.44. The minimum Gasteiger partial charge on any atom is -0.480 e. The first-order valence-corrected chi connectivity index (χ1v) is 10.4. The fraction of sp³-hybridized carbons (Fsp3) is 0.409. The number of esters is 2. The Morgan fingerprint density at radius 1 is 1.18 bits per heavy atom. The Bertz CT molecular complexity index is 931. The SMILES string of the molecule is CCOC(=O)C1=C(COCCNCC(=O)O)NC(C)=C(C(=O)OC)C1c1ccccc1Cl.Cl. The smallest absolute Gasteiger partial charge is 0.336 e. The number of carboxylic acids is 1. The molecule has 2 rings (SSSR count). The van der Waals surface area contributed by atoms with Crippen LogP contribution in [0.2, 0.25) is 5.02 Å². The Labute approximate surface area is 203 Å². The summed E-state index contributed by atoms with van der Waals surface area (Å²) in [6.07, 6.45) is 0. The summed E-state index contributed by atoms with van der Waals surface area (Å²) < 4.78 is 15.9. The molecule has 0 fully saturated rings. The van der Waals surface area contributed by atoms with Crippen LogP contribution in [0.4, 0.5) is 0 Å². The zero-order valence-corrected chi connectivity index (χ0v) is 20.2. The number of carbonyl (C=O) groups excluding carboxylic acids is 2. The van der Waals surface area contributed by atoms with Crippen molar-refractivity contribution in [1.29, 1.82) is 0 Å². The highest BCUT2D eigenvalue weighted by Gasteiger charge is 2.39. The normalized spacial score (nSPS) is 15.5. The van der Waals surface area contributed by atoms with E-state index in [4.69, 9.17) is 30.9 Å². The van der Waals surface area contributed by atoms with Crippen molar-refractivity contribution in [3.63, 3.8) is 0 Å². The molecule has 3 N–H and O–H groups in total. The van der Waals surface area contributed by atoms with Gasteiger partial charge in [-0.05, 0) is 25.5 Å². The van der Waals surface area contributed by atoms with Crippen molar-refractivity contribution >= 4 is 41.9 Å². The van der Waals surface area contributed by atoms with E-state index in [1.807, 2.05) is 0 Å². The van der Waals surface area contributed by atoms with E-state index in [0.29, 0.717) is 28.5 Å². The highest BCUT2D eigenvalue weighted by molar-refractivity contribution is 6.31. The third kappa shape index (κ3) is 7.46. The van der Waals surface area contributed by atoms with E-state index in [2.05, 4.69) is 10.6 Å². The lowest BCUT2D eigenvalue weighted by Gasteiger charge is -2.31. The second-order valence-electron chi connectivity index (χ2n) is 6.85. The first-order valence-electron chi connectivity index (χ1n) is 10.0. The van der Waals surface area contributed by atoms with Crippen LogP contribution < -0.4 is 10.6 Å². The molecule has 182 valence electrons. The van der Waals surface area contributed by atoms with Crippen LogP contribution in [0.15, 0.2) is 46.8 Å². The van der Waals surface area contributed by atoms with Crippen LogP contribution >= 0.6 is 24.0 Å². The molecule has 0 aromatic heterocycles. The molecule has 1 atom stereocenters. The molecular formula is C22H28Cl2N2O7. The first-order chi connectivity index (χ1) is 15.3. The van der Waals surface area contributed by atoms with Crippen LogP contribution in [0.25, 0.3) is 0 Å². The highest BCUT2D eigenvalue weighted by Crippen LogP contribution is 2.41. The van der Waals surface area contributed by atoms with E-state index in [1.165, 1.54) is 7.11 Å². The molecule has 9 nitrogen and oxygen atoms in total. The molecule has 11 heteroatoms. The van der Waals surface area contributed by atoms with Crippen LogP contribution in [0.1, 0.15) is 25.3 Å². The van der Waals surface area contributed by atoms with Gasteiger partial charge in [-0.1, -0.05) is 29.8 Å². The Kier molecular flexibility index (Phi) is 11.9. The lowest BCUT2D eigenvalue weighted by atomic mass is 9.80. The summed E-state index contributed by atoms with van der Waals surface area (Å²) in [7, 11) is 1.27. The summed E-state index contributed by atoms with van der Waals surface area (Å²) in [4.78, 5) is 36.3. The maximum Gasteiger partial charge on any atom is 0.336 e. The number of benzene rings is 1. The van der Waals surface area contributed by atoms with E-state index in [0.717, 1.165) is 0 Å². The molecule has 0 saturated heterocycles. The van der Waals surface area contributed by atoms with Crippen molar-refractivity contribution in [1.82, 2.24) is 10.6 Å². The van der Waals surface area contributed by atoms with Gasteiger partial charge in [-0.3, -0.25) is 4.79 Å². The molecule has 0 radical (unpaired) electrons. The first kappa shape index (κ1) is 28.4. The molecule has 1 aliphatic rings. The maximum atomic E-state index is 13.0. The van der Waals surface area contributed by atoms with Gasteiger partial charge in [0.2, 0.25) is 0 Å². The molecule has 33 heavy (non-hydrogen) atoms. The van der Waals surface area contributed by atoms with E-state index >= 15 is 0 Å². The number of dihydropyridines is 1. The number of carbonyl (C=O) groups is 3. The Morgan fingerprint density at radius 2 is 1.88 bits per heavy atom. The molecule has 0 spiro atoms. The van der Waals surface area contributed by atoms with Gasteiger partial charge in [0.15, 0.2) is 0 Å². The minimum atomic E-state index is -0.968. The number of carboxylic acid groups (broad SMARTS) is 1. The van der Waals surface area contributed by atoms with E-state index in [-0.39, 0.29) is 49.9 Å². The number of aliphatic carboxylic acids is 1. The van der Waals surface area contributed by atoms with Gasteiger partial charge in [0.1, 0.15) is 0 Å². The second kappa shape index (κ2) is 13.8. The second-order valence-corrected chi connectivity index (χ2v) is 7.25. The van der Waals surface area contributed by atoms with E-state index in [1.54, 1.807) is 38.1 Å². The van der Waals surface area contributed by atoms with Crippen molar-refractivity contribution in [2.75, 3.05) is 40.0 Å². The van der Waals surface area contributed by atoms with Gasteiger partial charge in [-0.2, -0.15) is 0 Å². The summed E-state index contributed by atoms with van der Waals surface area (Å²) in [5.74, 6) is -2.99. The number of rotatable bonds is 11. The van der Waals surface area contributed by atoms with Gasteiger partial charge in [-0.15, -0.1) is 12.4 Å². The predicted molar refractivity (Wildman–Crippen MR) is 124 cm³/mol. The molecule has 1 aliphatic heterocycles. The summed E-state index contributed by atoms with van der Waals surface area (Å²) in [5, 5.41) is 14.8. The molecule has 0 saturated carbocycles. The number of hydrogen-bond donors (Lipinski definition) is 3. The zero-order valence-electron chi connectivity index (χ0n) is 18.6. The minimum absolute atomic E-state index is 0. The van der Waals surface area contributed by atoms with Gasteiger partial charge < -0.3 is 30.0 Å². The highest BCUT2D eigenvalue weighted by atomic mass is 35.5. The van der Waals surface area contributed by atoms with E-state index in [9.17, 15) is 14.4 Å². The van der Waals surface area contributed by atoms with Crippen LogP contribution in [-0.4, -0.2) is 63.0 Å². The predicted octanol–water partition coefficient (Wildman–Crippen LogP) is 2.40. The van der Waals surface area contributed by atoms with Gasteiger partial charge in [0.05, 0.1) is 56.2 Å². The standard InChI is InChI=1S/C22H27ClN2O7.ClH/c1-4-32-22(29)20-16(12-31-10-9-24-11-17(26)27)25-13(2)18(21(28)30-3)19(20)14-7-5-6-8-15(14)23;/h5-8,19,24-25H,4,9-12H2,1-3H3,(H,26,27);1H. The fourth-order valence-electron chi connectivity index (χ4n) is 3.37. The summed E-state index contributed by atoms with van der Waals surface area (Å²) in [5.41, 5.74) is 1.92. The molecule has 1 unspecified atom stereocenters. The van der Waals surface area contributed by atoms with Crippen molar-refractivity contribution in [3.8, 4) is 0 Å². The molecular weight excluding hydrogens is 475 g/mol. The summed E-state index contributed by atoms with van der Waals surface area (Å²) in [6.45, 7) is 3.87. The van der Waals surface area contributed by atoms with Crippen LogP contribution in [-0.2, 0) is 28.6 Å². The average molecular weight is 503 g/mol. The Morgan fingerprint density at radius 3 is 2.48 bits per heavy atom. The number of nitrogens with one attached hydrogen (secondary N) is 2. The van der Waals surface area contributed by atoms with Crippen LogP contribution in [0, 0.1) is 0 Å². The van der Waals surface area contributed by atoms with Crippen LogP contribution in [0.3, 0.4) is 0 Å². The lowest BCUT2D eigenvalue weighted by molar-refractivity contribution is -0.139. The van der Waals surface area contributed by atoms with Gasteiger partial charge >= 0.3 is 17.9 Å². The summed E-state index contributed by atoms with van der Waals surface area (Å²) in [6, 6.07) is 6.93. The van der Waals surface area contributed by atoms with Gasteiger partial charge in [0, 0.05) is 17.3 Å². The number of ether oxygens (including phenoxy) is 3. The molecule has 1 aromatic carbocycles. The molecule has 0 aliphatic carbocycles. The number of hydrogen-bond acceptors (Lipinski definition) is 8. The van der Waals surface area contributed by atoms with Crippen LogP contribution in [0.5, 0.6) is 0 Å². The van der Waals surface area contributed by atoms with E-state index < -0.39 is 23.8 Å². The zero-order chi connectivity index (χ0) is 23.7.